The first-order chi connectivity index (χ1) is 6.77. The van der Waals surface area contributed by atoms with Crippen molar-refractivity contribution in [3.63, 3.8) is 0 Å². The molecule has 0 bridgehead atoms. The Bertz CT molecular complexity index is 144. The summed E-state index contributed by atoms with van der Waals surface area (Å²) in [5, 5.41) is 3.20. The molecule has 0 aliphatic rings. The predicted octanol–water partition coefficient (Wildman–Crippen LogP) is 0.00760. The van der Waals surface area contributed by atoms with Crippen molar-refractivity contribution in [1.29, 1.82) is 0 Å². The molecule has 1 atom stereocenters. The summed E-state index contributed by atoms with van der Waals surface area (Å²) in [5.41, 5.74) is 0. The first-order valence-corrected chi connectivity index (χ1v) is 6.57. The summed E-state index contributed by atoms with van der Waals surface area (Å²) in [6.45, 7) is 3.81. The minimum absolute atomic E-state index is 0.655. The molecule has 0 aromatic heterocycles. The quantitative estimate of drug-likeness (QED) is 0.530. The summed E-state index contributed by atoms with van der Waals surface area (Å²) in [5.74, 6) is 0.727. The molecule has 0 heterocycles. The van der Waals surface area contributed by atoms with Crippen molar-refractivity contribution in [3.05, 3.63) is 0 Å². The van der Waals surface area contributed by atoms with E-state index in [0.717, 1.165) is 31.9 Å². The Kier molecular flexibility index (Phi) is 11.1. The third kappa shape index (κ3) is 12.0. The van der Waals surface area contributed by atoms with Crippen LogP contribution in [0.5, 0.6) is 0 Å². The van der Waals surface area contributed by atoms with Gasteiger partial charge in [0.1, 0.15) is 0 Å². The topological polar surface area (TPSA) is 47.6 Å². The van der Waals surface area contributed by atoms with Crippen LogP contribution in [0, 0.1) is 0 Å². The van der Waals surface area contributed by atoms with E-state index >= 15 is 0 Å². The van der Waals surface area contributed by atoms with Gasteiger partial charge in [0, 0.05) is 43.1 Å². The highest BCUT2D eigenvalue weighted by Crippen LogP contribution is 1.81. The molecule has 0 amide bonds. The van der Waals surface area contributed by atoms with Crippen molar-refractivity contribution in [2.24, 2.45) is 0 Å². The first kappa shape index (κ1) is 14.0. The number of methoxy groups -OCH3 is 1. The lowest BCUT2D eigenvalue weighted by molar-refractivity contribution is 0.0695. The molecule has 0 aromatic rings. The van der Waals surface area contributed by atoms with E-state index in [0.29, 0.717) is 13.2 Å². The van der Waals surface area contributed by atoms with Gasteiger partial charge in [-0.1, -0.05) is 0 Å². The Morgan fingerprint density at radius 1 is 1.21 bits per heavy atom. The Morgan fingerprint density at radius 2 is 2.00 bits per heavy atom. The van der Waals surface area contributed by atoms with Crippen LogP contribution >= 0.6 is 0 Å². The number of ether oxygens (including phenoxy) is 2. The summed E-state index contributed by atoms with van der Waals surface area (Å²) in [6.07, 6.45) is 2.70. The van der Waals surface area contributed by atoms with E-state index in [9.17, 15) is 4.21 Å². The molecule has 0 radical (unpaired) electrons. The second-order valence-electron chi connectivity index (χ2n) is 2.99. The molecule has 0 spiro atoms. The van der Waals surface area contributed by atoms with Gasteiger partial charge in [0.05, 0.1) is 13.2 Å². The zero-order valence-electron chi connectivity index (χ0n) is 9.08. The maximum atomic E-state index is 10.7. The van der Waals surface area contributed by atoms with E-state index in [1.807, 2.05) is 0 Å². The molecule has 14 heavy (non-hydrogen) atoms. The zero-order chi connectivity index (χ0) is 10.6. The molecule has 0 aromatic carbocycles. The smallest absolute Gasteiger partial charge is 0.0700 e. The molecule has 0 aliphatic heterocycles. The molecular formula is C9H21NO3S. The number of nitrogens with one attached hydrogen (secondary N) is 1. The normalized spacial score (nSPS) is 13.0. The van der Waals surface area contributed by atoms with E-state index in [1.54, 1.807) is 13.4 Å². The Balaban J connectivity index is 2.88. The standard InChI is InChI=1S/C9H21NO3S/c1-12-7-8-13-6-3-4-10-5-9-14(2)11/h10H,3-9H2,1-2H3. The molecule has 5 heteroatoms. The van der Waals surface area contributed by atoms with Gasteiger partial charge in [0.25, 0.3) is 0 Å². The van der Waals surface area contributed by atoms with Crippen LogP contribution in [0.4, 0.5) is 0 Å². The molecule has 0 aliphatic carbocycles. The molecule has 4 nitrogen and oxygen atoms in total. The highest BCUT2D eigenvalue weighted by Gasteiger charge is 1.91. The van der Waals surface area contributed by atoms with E-state index in [4.69, 9.17) is 9.47 Å². The Labute approximate surface area is 88.8 Å². The largest absolute Gasteiger partial charge is 0.382 e. The molecule has 0 rings (SSSR count). The van der Waals surface area contributed by atoms with Crippen LogP contribution < -0.4 is 5.32 Å². The highest BCUT2D eigenvalue weighted by molar-refractivity contribution is 7.84. The van der Waals surface area contributed by atoms with Gasteiger partial charge < -0.3 is 14.8 Å². The van der Waals surface area contributed by atoms with Gasteiger partial charge in [-0.05, 0) is 13.0 Å². The number of hydrogen-bond acceptors (Lipinski definition) is 4. The third-order valence-electron chi connectivity index (χ3n) is 1.64. The molecule has 1 N–H and O–H groups in total. The third-order valence-corrected chi connectivity index (χ3v) is 2.42. The van der Waals surface area contributed by atoms with Crippen molar-refractivity contribution in [2.75, 3.05) is 52.0 Å². The zero-order valence-corrected chi connectivity index (χ0v) is 9.90. The second kappa shape index (κ2) is 11.1. The summed E-state index contributed by atoms with van der Waals surface area (Å²) < 4.78 is 20.8. The van der Waals surface area contributed by atoms with E-state index < -0.39 is 10.8 Å². The minimum atomic E-state index is -0.687. The maximum Gasteiger partial charge on any atom is 0.0700 e. The number of hydrogen-bond donors (Lipinski definition) is 1. The van der Waals surface area contributed by atoms with Crippen LogP contribution in [0.2, 0.25) is 0 Å². The second-order valence-corrected chi connectivity index (χ2v) is 4.54. The van der Waals surface area contributed by atoms with Gasteiger partial charge in [-0.2, -0.15) is 0 Å². The fraction of sp³-hybridized carbons (Fsp3) is 1.00. The van der Waals surface area contributed by atoms with Crippen LogP contribution in [0.3, 0.4) is 0 Å². The molecule has 0 fully saturated rings. The van der Waals surface area contributed by atoms with Crippen molar-refractivity contribution in [2.45, 2.75) is 6.42 Å². The van der Waals surface area contributed by atoms with E-state index in [-0.39, 0.29) is 0 Å². The summed E-state index contributed by atoms with van der Waals surface area (Å²) in [4.78, 5) is 0. The first-order valence-electron chi connectivity index (χ1n) is 4.84. The number of rotatable bonds is 10. The van der Waals surface area contributed by atoms with E-state index in [1.165, 1.54) is 0 Å². The van der Waals surface area contributed by atoms with Gasteiger partial charge in [-0.3, -0.25) is 4.21 Å². The average Bonchev–Trinajstić information content (AvgIpc) is 2.15. The maximum absolute atomic E-state index is 10.7. The Hall–Kier alpha value is 0.0300. The Morgan fingerprint density at radius 3 is 2.64 bits per heavy atom. The van der Waals surface area contributed by atoms with Gasteiger partial charge in [-0.25, -0.2) is 0 Å². The monoisotopic (exact) mass is 223 g/mol. The average molecular weight is 223 g/mol. The van der Waals surface area contributed by atoms with Gasteiger partial charge in [-0.15, -0.1) is 0 Å². The van der Waals surface area contributed by atoms with E-state index in [2.05, 4.69) is 5.32 Å². The SMILES string of the molecule is COCCOCCCNCCS(C)=O. The fourth-order valence-electron chi connectivity index (χ4n) is 0.884. The lowest BCUT2D eigenvalue weighted by Gasteiger charge is -2.04. The highest BCUT2D eigenvalue weighted by atomic mass is 32.2. The molecular weight excluding hydrogens is 202 g/mol. The lowest BCUT2D eigenvalue weighted by atomic mass is 10.4. The van der Waals surface area contributed by atoms with Crippen LogP contribution in [-0.4, -0.2) is 56.2 Å². The molecule has 1 unspecified atom stereocenters. The van der Waals surface area contributed by atoms with Gasteiger partial charge in [0.2, 0.25) is 0 Å². The van der Waals surface area contributed by atoms with Crippen LogP contribution in [-0.2, 0) is 20.3 Å². The van der Waals surface area contributed by atoms with Crippen molar-refractivity contribution < 1.29 is 13.7 Å². The molecule has 86 valence electrons. The van der Waals surface area contributed by atoms with Gasteiger partial charge >= 0.3 is 0 Å². The van der Waals surface area contributed by atoms with Crippen LogP contribution in [0.1, 0.15) is 6.42 Å². The van der Waals surface area contributed by atoms with Crippen molar-refractivity contribution in [3.8, 4) is 0 Å². The predicted molar refractivity (Wildman–Crippen MR) is 59.1 cm³/mol. The fourth-order valence-corrected chi connectivity index (χ4v) is 1.32. The minimum Gasteiger partial charge on any atom is -0.382 e. The molecule has 0 saturated carbocycles. The van der Waals surface area contributed by atoms with Crippen LogP contribution in [0.15, 0.2) is 0 Å². The van der Waals surface area contributed by atoms with Crippen molar-refractivity contribution in [1.82, 2.24) is 5.32 Å². The summed E-state index contributed by atoms with van der Waals surface area (Å²) in [6, 6.07) is 0. The lowest BCUT2D eigenvalue weighted by Crippen LogP contribution is -2.22. The summed E-state index contributed by atoms with van der Waals surface area (Å²) in [7, 11) is 0.975. The summed E-state index contributed by atoms with van der Waals surface area (Å²) >= 11 is 0. The van der Waals surface area contributed by atoms with Crippen LogP contribution in [0.25, 0.3) is 0 Å². The molecule has 0 saturated heterocycles. The van der Waals surface area contributed by atoms with Gasteiger partial charge in [0.15, 0.2) is 0 Å². The van der Waals surface area contributed by atoms with Crippen molar-refractivity contribution >= 4 is 10.8 Å².